The van der Waals surface area contributed by atoms with Gasteiger partial charge in [-0.3, -0.25) is 0 Å². The van der Waals surface area contributed by atoms with E-state index in [0.717, 1.165) is 53.3 Å². The Balaban J connectivity index is 1.54. The molecule has 0 aromatic carbocycles. The molecule has 0 amide bonds. The molecule has 9 atom stereocenters. The molecule has 120 valence electrons. The van der Waals surface area contributed by atoms with E-state index in [4.69, 9.17) is 0 Å². The number of rotatable bonds is 0. The van der Waals surface area contributed by atoms with Crippen LogP contribution in [0.2, 0.25) is 0 Å². The molecule has 0 saturated heterocycles. The fourth-order valence-electron chi connectivity index (χ4n) is 7.52. The second kappa shape index (κ2) is 5.57. The third kappa shape index (κ3) is 2.40. The summed E-state index contributed by atoms with van der Waals surface area (Å²) in [5.41, 5.74) is 0. The average Bonchev–Trinajstić information content (AvgIpc) is 2.49. The van der Waals surface area contributed by atoms with Gasteiger partial charge in [-0.2, -0.15) is 0 Å². The maximum absolute atomic E-state index is 2.66. The van der Waals surface area contributed by atoms with Crippen molar-refractivity contribution in [2.45, 2.75) is 78.6 Å². The molecule has 0 aliphatic heterocycles. The minimum Gasteiger partial charge on any atom is -0.0622 e. The Kier molecular flexibility index (Phi) is 3.87. The lowest BCUT2D eigenvalue weighted by atomic mass is 9.49. The van der Waals surface area contributed by atoms with Crippen molar-refractivity contribution >= 4 is 0 Å². The van der Waals surface area contributed by atoms with Crippen LogP contribution in [-0.4, -0.2) is 0 Å². The van der Waals surface area contributed by atoms with Crippen LogP contribution in [0.3, 0.4) is 0 Å². The molecule has 4 fully saturated rings. The second-order valence-corrected chi connectivity index (χ2v) is 9.55. The van der Waals surface area contributed by atoms with Crippen LogP contribution in [0.4, 0.5) is 0 Å². The SMILES string of the molecule is CC1CCC2CC3C[C@H]4CCCC[C@H]4CC3C(C)C2C1C. The molecule has 4 rings (SSSR count). The van der Waals surface area contributed by atoms with Crippen molar-refractivity contribution in [1.82, 2.24) is 0 Å². The number of fused-ring (bicyclic) bond motifs is 3. The van der Waals surface area contributed by atoms with Gasteiger partial charge in [-0.05, 0) is 78.9 Å². The summed E-state index contributed by atoms with van der Waals surface area (Å²) in [5, 5.41) is 0. The normalized spacial score (nSPS) is 57.0. The summed E-state index contributed by atoms with van der Waals surface area (Å²) in [6, 6.07) is 0. The third-order valence-corrected chi connectivity index (χ3v) is 8.78. The van der Waals surface area contributed by atoms with Crippen LogP contribution in [0.25, 0.3) is 0 Å². The maximum atomic E-state index is 2.66. The van der Waals surface area contributed by atoms with Crippen molar-refractivity contribution < 1.29 is 0 Å². The van der Waals surface area contributed by atoms with Gasteiger partial charge in [0.25, 0.3) is 0 Å². The van der Waals surface area contributed by atoms with Gasteiger partial charge in [-0.1, -0.05) is 52.9 Å². The topological polar surface area (TPSA) is 0 Å². The molecule has 4 aliphatic carbocycles. The molecule has 0 nitrogen and oxygen atoms in total. The summed E-state index contributed by atoms with van der Waals surface area (Å²) in [7, 11) is 0. The smallest absolute Gasteiger partial charge is 0.0329 e. The largest absolute Gasteiger partial charge is 0.0622 e. The highest BCUT2D eigenvalue weighted by molar-refractivity contribution is 4.99. The Bertz CT molecular complexity index is 372. The molecule has 0 bridgehead atoms. The lowest BCUT2D eigenvalue weighted by Crippen LogP contribution is -2.49. The summed E-state index contributed by atoms with van der Waals surface area (Å²) in [6.07, 6.45) is 14.1. The van der Waals surface area contributed by atoms with Crippen molar-refractivity contribution in [3.05, 3.63) is 0 Å². The van der Waals surface area contributed by atoms with E-state index in [9.17, 15) is 0 Å². The number of hydrogen-bond donors (Lipinski definition) is 0. The molecule has 0 heteroatoms. The first-order chi connectivity index (χ1) is 10.1. The molecule has 0 aromatic rings. The summed E-state index contributed by atoms with van der Waals surface area (Å²) >= 11 is 0. The summed E-state index contributed by atoms with van der Waals surface area (Å²) < 4.78 is 0. The van der Waals surface area contributed by atoms with Crippen LogP contribution in [0.15, 0.2) is 0 Å². The van der Waals surface area contributed by atoms with E-state index in [0.29, 0.717) is 0 Å². The molecule has 0 aromatic heterocycles. The van der Waals surface area contributed by atoms with Gasteiger partial charge >= 0.3 is 0 Å². The Morgan fingerprint density at radius 3 is 2.00 bits per heavy atom. The van der Waals surface area contributed by atoms with E-state index in [1.54, 1.807) is 38.5 Å². The molecule has 21 heavy (non-hydrogen) atoms. The average molecular weight is 289 g/mol. The second-order valence-electron chi connectivity index (χ2n) is 9.55. The van der Waals surface area contributed by atoms with Crippen molar-refractivity contribution in [2.24, 2.45) is 53.3 Å². The standard InChI is InChI=1S/C21H36/c1-13-8-9-18-11-19-10-16-6-4-5-7-17(16)12-20(19)15(3)21(18)14(13)2/h13-21H,4-12H2,1-3H3/t13?,14?,15?,16-,17+,18?,19?,20?,21?/m1/s1. The van der Waals surface area contributed by atoms with Gasteiger partial charge in [0, 0.05) is 0 Å². The quantitative estimate of drug-likeness (QED) is 0.501. The number of hydrogen-bond acceptors (Lipinski definition) is 0. The fraction of sp³-hybridized carbons (Fsp3) is 1.00. The summed E-state index contributed by atoms with van der Waals surface area (Å²) in [6.45, 7) is 7.77. The zero-order valence-electron chi connectivity index (χ0n) is 14.6. The summed E-state index contributed by atoms with van der Waals surface area (Å²) in [5.74, 6) is 9.61. The van der Waals surface area contributed by atoms with Gasteiger partial charge in [0.05, 0.1) is 0 Å². The van der Waals surface area contributed by atoms with Gasteiger partial charge in [-0.15, -0.1) is 0 Å². The molecule has 4 saturated carbocycles. The zero-order valence-corrected chi connectivity index (χ0v) is 14.6. The van der Waals surface area contributed by atoms with Gasteiger partial charge in [-0.25, -0.2) is 0 Å². The predicted molar refractivity (Wildman–Crippen MR) is 90.0 cm³/mol. The minimum absolute atomic E-state index is 0.983. The first kappa shape index (κ1) is 14.6. The summed E-state index contributed by atoms with van der Waals surface area (Å²) in [4.78, 5) is 0. The van der Waals surface area contributed by atoms with Crippen LogP contribution < -0.4 is 0 Å². The molecule has 0 spiro atoms. The molecule has 7 unspecified atom stereocenters. The van der Waals surface area contributed by atoms with Crippen LogP contribution >= 0.6 is 0 Å². The highest BCUT2D eigenvalue weighted by Crippen LogP contribution is 2.58. The van der Waals surface area contributed by atoms with Crippen molar-refractivity contribution in [3.63, 3.8) is 0 Å². The van der Waals surface area contributed by atoms with E-state index in [1.807, 2.05) is 0 Å². The van der Waals surface area contributed by atoms with E-state index >= 15 is 0 Å². The fourth-order valence-corrected chi connectivity index (χ4v) is 7.52. The van der Waals surface area contributed by atoms with Crippen LogP contribution in [0.1, 0.15) is 78.6 Å². The van der Waals surface area contributed by atoms with E-state index in [-0.39, 0.29) is 0 Å². The van der Waals surface area contributed by atoms with Crippen LogP contribution in [-0.2, 0) is 0 Å². The lowest BCUT2D eigenvalue weighted by Gasteiger charge is -2.56. The Morgan fingerprint density at radius 2 is 1.24 bits per heavy atom. The van der Waals surface area contributed by atoms with Crippen molar-refractivity contribution in [2.75, 3.05) is 0 Å². The monoisotopic (exact) mass is 288 g/mol. The Hall–Kier alpha value is 0. The van der Waals surface area contributed by atoms with Crippen LogP contribution in [0.5, 0.6) is 0 Å². The highest BCUT2D eigenvalue weighted by atomic mass is 14.6. The van der Waals surface area contributed by atoms with Crippen LogP contribution in [0, 0.1) is 53.3 Å². The van der Waals surface area contributed by atoms with Gasteiger partial charge < -0.3 is 0 Å². The van der Waals surface area contributed by atoms with Gasteiger partial charge in [0.1, 0.15) is 0 Å². The third-order valence-electron chi connectivity index (χ3n) is 8.78. The van der Waals surface area contributed by atoms with E-state index < -0.39 is 0 Å². The van der Waals surface area contributed by atoms with E-state index in [1.165, 1.54) is 19.3 Å². The lowest BCUT2D eigenvalue weighted by molar-refractivity contribution is -0.0727. The molecule has 0 radical (unpaired) electrons. The first-order valence-corrected chi connectivity index (χ1v) is 10.1. The maximum Gasteiger partial charge on any atom is -0.0329 e. The van der Waals surface area contributed by atoms with Crippen molar-refractivity contribution in [1.29, 1.82) is 0 Å². The van der Waals surface area contributed by atoms with Gasteiger partial charge in [0.2, 0.25) is 0 Å². The first-order valence-electron chi connectivity index (χ1n) is 10.1. The highest BCUT2D eigenvalue weighted by Gasteiger charge is 2.50. The van der Waals surface area contributed by atoms with Crippen molar-refractivity contribution in [3.8, 4) is 0 Å². The predicted octanol–water partition coefficient (Wildman–Crippen LogP) is 6.16. The van der Waals surface area contributed by atoms with E-state index in [2.05, 4.69) is 20.8 Å². The molecular weight excluding hydrogens is 252 g/mol. The molecule has 0 heterocycles. The molecule has 0 N–H and O–H groups in total. The Morgan fingerprint density at radius 1 is 0.571 bits per heavy atom. The molecule has 4 aliphatic rings. The minimum atomic E-state index is 0.983. The van der Waals surface area contributed by atoms with Gasteiger partial charge in [0.15, 0.2) is 0 Å². The molecular formula is C21H36. The zero-order chi connectivity index (χ0) is 14.6. The Labute approximate surface area is 132 Å².